The Hall–Kier alpha value is -4.46. The van der Waals surface area contributed by atoms with Gasteiger partial charge in [0.2, 0.25) is 5.95 Å². The molecule has 0 aliphatic rings. The van der Waals surface area contributed by atoms with E-state index in [-0.39, 0.29) is 11.6 Å². The minimum Gasteiger partial charge on any atom is -0.457 e. The number of nitrogens with two attached hydrogens (primary N) is 2. The van der Waals surface area contributed by atoms with Crippen molar-refractivity contribution in [3.8, 4) is 22.8 Å². The molecule has 4 aromatic rings. The Morgan fingerprint density at radius 2 is 1.81 bits per heavy atom. The van der Waals surface area contributed by atoms with Crippen LogP contribution in [-0.2, 0) is 6.42 Å². The molecular weight excluding hydrogens is 404 g/mol. The minimum absolute atomic E-state index is 0.141. The lowest BCUT2D eigenvalue weighted by molar-refractivity contribution is 0.0995. The van der Waals surface area contributed by atoms with Crippen LogP contribution in [0.3, 0.4) is 0 Å². The molecule has 0 radical (unpaired) electrons. The summed E-state index contributed by atoms with van der Waals surface area (Å²) in [5.74, 6) is 1.23. The minimum atomic E-state index is -0.611. The molecule has 5 N–H and O–H groups in total. The number of nitrogens with one attached hydrogen (secondary N) is 1. The van der Waals surface area contributed by atoms with Crippen LogP contribution >= 0.6 is 0 Å². The average molecular weight is 426 g/mol. The number of hydrogen-bond acceptors (Lipinski definition) is 7. The Morgan fingerprint density at radius 1 is 1.00 bits per heavy atom. The molecule has 0 unspecified atom stereocenters. The fourth-order valence-corrected chi connectivity index (χ4v) is 3.13. The summed E-state index contributed by atoms with van der Waals surface area (Å²) in [6, 6.07) is 20.5. The monoisotopic (exact) mass is 426 g/mol. The molecule has 1 amide bonds. The number of benzene rings is 2. The molecule has 160 valence electrons. The normalized spacial score (nSPS) is 10.5. The first-order valence-corrected chi connectivity index (χ1v) is 10.0. The maximum Gasteiger partial charge on any atom is 0.267 e. The SMILES string of the molecule is CCc1cccc(-c2cc(Nc3ccc(Oc4ccnc(C(N)=O)c4)cc3)nc(N)n2)c1. The van der Waals surface area contributed by atoms with Crippen LogP contribution in [0.15, 0.2) is 72.9 Å². The number of carbonyl (C=O) groups excluding carboxylic acids is 1. The van der Waals surface area contributed by atoms with E-state index in [1.165, 1.54) is 17.8 Å². The Labute approximate surface area is 185 Å². The van der Waals surface area contributed by atoms with Crippen molar-refractivity contribution in [2.45, 2.75) is 13.3 Å². The van der Waals surface area contributed by atoms with Crippen LogP contribution in [0.1, 0.15) is 23.0 Å². The van der Waals surface area contributed by atoms with E-state index < -0.39 is 5.91 Å². The standard InChI is InChI=1S/C24H22N6O2/c1-2-15-4-3-5-16(12-15)20-14-22(30-24(26)29-20)28-17-6-8-18(9-7-17)32-19-10-11-27-21(13-19)23(25)31/h3-14H,2H2,1H3,(H2,25,31)(H3,26,28,29,30). The lowest BCUT2D eigenvalue weighted by atomic mass is 10.1. The van der Waals surface area contributed by atoms with Crippen molar-refractivity contribution >= 4 is 23.4 Å². The Morgan fingerprint density at radius 3 is 2.56 bits per heavy atom. The first-order chi connectivity index (χ1) is 15.5. The summed E-state index contributed by atoms with van der Waals surface area (Å²) < 4.78 is 5.77. The van der Waals surface area contributed by atoms with E-state index >= 15 is 0 Å². The van der Waals surface area contributed by atoms with E-state index in [4.69, 9.17) is 16.2 Å². The third-order valence-electron chi connectivity index (χ3n) is 4.72. The Kier molecular flexibility index (Phi) is 5.94. The fraction of sp³-hybridized carbons (Fsp3) is 0.0833. The highest BCUT2D eigenvalue weighted by molar-refractivity contribution is 5.91. The predicted molar refractivity (Wildman–Crippen MR) is 124 cm³/mol. The van der Waals surface area contributed by atoms with Gasteiger partial charge in [0.1, 0.15) is 23.0 Å². The molecule has 4 rings (SSSR count). The molecule has 0 aliphatic heterocycles. The number of rotatable bonds is 7. The second kappa shape index (κ2) is 9.13. The summed E-state index contributed by atoms with van der Waals surface area (Å²) in [4.78, 5) is 23.8. The van der Waals surface area contributed by atoms with E-state index in [1.54, 1.807) is 18.2 Å². The molecule has 8 heteroatoms. The fourth-order valence-electron chi connectivity index (χ4n) is 3.13. The predicted octanol–water partition coefficient (Wildman–Crippen LogP) is 4.32. The van der Waals surface area contributed by atoms with Crippen LogP contribution in [0.4, 0.5) is 17.5 Å². The molecular formula is C24H22N6O2. The number of aromatic nitrogens is 3. The summed E-state index contributed by atoms with van der Waals surface area (Å²) in [6.07, 6.45) is 2.41. The highest BCUT2D eigenvalue weighted by atomic mass is 16.5. The quantitative estimate of drug-likeness (QED) is 0.401. The van der Waals surface area contributed by atoms with Crippen LogP contribution in [0, 0.1) is 0 Å². The highest BCUT2D eigenvalue weighted by Gasteiger charge is 2.08. The van der Waals surface area contributed by atoms with Crippen LogP contribution in [0.2, 0.25) is 0 Å². The van der Waals surface area contributed by atoms with Crippen LogP contribution in [0.5, 0.6) is 11.5 Å². The molecule has 8 nitrogen and oxygen atoms in total. The van der Waals surface area contributed by atoms with E-state index in [2.05, 4.69) is 39.3 Å². The van der Waals surface area contributed by atoms with Crippen LogP contribution < -0.4 is 21.5 Å². The number of ether oxygens (including phenoxy) is 1. The highest BCUT2D eigenvalue weighted by Crippen LogP contribution is 2.26. The van der Waals surface area contributed by atoms with Gasteiger partial charge in [-0.2, -0.15) is 4.98 Å². The van der Waals surface area contributed by atoms with Crippen LogP contribution in [0.25, 0.3) is 11.3 Å². The maximum absolute atomic E-state index is 11.3. The smallest absolute Gasteiger partial charge is 0.267 e. The number of primary amides is 1. The molecule has 0 saturated carbocycles. The second-order valence-corrected chi connectivity index (χ2v) is 7.04. The number of carbonyl (C=O) groups is 1. The lowest BCUT2D eigenvalue weighted by Crippen LogP contribution is -2.12. The summed E-state index contributed by atoms with van der Waals surface area (Å²) in [7, 11) is 0. The number of amides is 1. The lowest BCUT2D eigenvalue weighted by Gasteiger charge is -2.11. The van der Waals surface area contributed by atoms with Crippen molar-refractivity contribution in [2.75, 3.05) is 11.1 Å². The summed E-state index contributed by atoms with van der Waals surface area (Å²) >= 11 is 0. The third-order valence-corrected chi connectivity index (χ3v) is 4.72. The molecule has 0 saturated heterocycles. The van der Waals surface area contributed by atoms with Gasteiger partial charge in [0.25, 0.3) is 5.91 Å². The van der Waals surface area contributed by atoms with Gasteiger partial charge in [-0.15, -0.1) is 0 Å². The first-order valence-electron chi connectivity index (χ1n) is 10.0. The maximum atomic E-state index is 11.3. The molecule has 2 aromatic heterocycles. The molecule has 2 aromatic carbocycles. The van der Waals surface area contributed by atoms with Gasteiger partial charge in [-0.3, -0.25) is 9.78 Å². The van der Waals surface area contributed by atoms with Gasteiger partial charge in [0.05, 0.1) is 5.69 Å². The van der Waals surface area contributed by atoms with Crippen molar-refractivity contribution in [3.05, 3.63) is 84.2 Å². The summed E-state index contributed by atoms with van der Waals surface area (Å²) in [6.45, 7) is 2.11. The van der Waals surface area contributed by atoms with E-state index in [0.717, 1.165) is 23.4 Å². The zero-order chi connectivity index (χ0) is 22.5. The van der Waals surface area contributed by atoms with Gasteiger partial charge in [-0.1, -0.05) is 25.1 Å². The van der Waals surface area contributed by atoms with E-state index in [1.807, 2.05) is 30.3 Å². The molecule has 32 heavy (non-hydrogen) atoms. The molecule has 0 aliphatic carbocycles. The Balaban J connectivity index is 1.50. The van der Waals surface area contributed by atoms with Gasteiger partial charge in [-0.05, 0) is 48.4 Å². The number of nitrogen functional groups attached to an aromatic ring is 1. The molecule has 0 spiro atoms. The van der Waals surface area contributed by atoms with Crippen molar-refractivity contribution in [3.63, 3.8) is 0 Å². The van der Waals surface area contributed by atoms with E-state index in [9.17, 15) is 4.79 Å². The molecule has 0 fully saturated rings. The van der Waals surface area contributed by atoms with Crippen molar-refractivity contribution in [1.29, 1.82) is 0 Å². The first kappa shape index (κ1) is 20.8. The zero-order valence-corrected chi connectivity index (χ0v) is 17.4. The molecule has 0 bridgehead atoms. The van der Waals surface area contributed by atoms with Gasteiger partial charge in [-0.25, -0.2) is 4.98 Å². The van der Waals surface area contributed by atoms with Crippen molar-refractivity contribution in [1.82, 2.24) is 15.0 Å². The van der Waals surface area contributed by atoms with Gasteiger partial charge < -0.3 is 21.5 Å². The number of aryl methyl sites for hydroxylation is 1. The summed E-state index contributed by atoms with van der Waals surface area (Å²) in [5, 5.41) is 3.24. The molecule has 0 atom stereocenters. The Bertz CT molecular complexity index is 1260. The number of anilines is 3. The molecule has 2 heterocycles. The van der Waals surface area contributed by atoms with Gasteiger partial charge >= 0.3 is 0 Å². The number of pyridine rings is 1. The average Bonchev–Trinajstić information content (AvgIpc) is 2.80. The third kappa shape index (κ3) is 4.99. The number of nitrogens with zero attached hydrogens (tertiary/aromatic N) is 3. The van der Waals surface area contributed by atoms with Gasteiger partial charge in [0.15, 0.2) is 0 Å². The summed E-state index contributed by atoms with van der Waals surface area (Å²) in [5.41, 5.74) is 15.1. The second-order valence-electron chi connectivity index (χ2n) is 7.04. The van der Waals surface area contributed by atoms with E-state index in [0.29, 0.717) is 17.3 Å². The largest absolute Gasteiger partial charge is 0.457 e. The topological polar surface area (TPSA) is 129 Å². The van der Waals surface area contributed by atoms with Gasteiger partial charge in [0, 0.05) is 29.6 Å². The van der Waals surface area contributed by atoms with Crippen molar-refractivity contribution < 1.29 is 9.53 Å². The van der Waals surface area contributed by atoms with Crippen molar-refractivity contribution in [2.24, 2.45) is 5.73 Å². The van der Waals surface area contributed by atoms with Crippen LogP contribution in [-0.4, -0.2) is 20.9 Å². The number of hydrogen-bond donors (Lipinski definition) is 3. The zero-order valence-electron chi connectivity index (χ0n) is 17.4.